The Balaban J connectivity index is 2.47. The van der Waals surface area contributed by atoms with Gasteiger partial charge in [0.2, 0.25) is 0 Å². The van der Waals surface area contributed by atoms with Crippen molar-refractivity contribution in [1.82, 2.24) is 10.2 Å². The van der Waals surface area contributed by atoms with Crippen LogP contribution in [0.2, 0.25) is 0 Å². The van der Waals surface area contributed by atoms with E-state index < -0.39 is 0 Å². The van der Waals surface area contributed by atoms with E-state index in [1.54, 1.807) is 11.3 Å². The molecule has 16 heavy (non-hydrogen) atoms. The van der Waals surface area contributed by atoms with Crippen LogP contribution in [0.15, 0.2) is 22.7 Å². The molecular formula is C11H10BrClN2S. The van der Waals surface area contributed by atoms with Crippen LogP contribution >= 0.6 is 38.9 Å². The number of hydrogen-bond acceptors (Lipinski definition) is 3. The lowest BCUT2D eigenvalue weighted by Gasteiger charge is -2.02. The maximum Gasteiger partial charge on any atom is 0.148 e. The van der Waals surface area contributed by atoms with E-state index in [1.807, 2.05) is 25.1 Å². The monoisotopic (exact) mass is 316 g/mol. The zero-order valence-electron chi connectivity index (χ0n) is 8.87. The predicted molar refractivity (Wildman–Crippen MR) is 72.1 cm³/mol. The summed E-state index contributed by atoms with van der Waals surface area (Å²) in [7, 11) is 0. The topological polar surface area (TPSA) is 25.8 Å². The van der Waals surface area contributed by atoms with Gasteiger partial charge in [0.25, 0.3) is 0 Å². The van der Waals surface area contributed by atoms with Crippen molar-refractivity contribution in [3.8, 4) is 10.6 Å². The Labute approximate surface area is 112 Å². The molecule has 0 bridgehead atoms. The van der Waals surface area contributed by atoms with E-state index in [4.69, 9.17) is 11.6 Å². The van der Waals surface area contributed by atoms with Gasteiger partial charge in [-0.3, -0.25) is 0 Å². The summed E-state index contributed by atoms with van der Waals surface area (Å²) >= 11 is 11.0. The molecular weight excluding hydrogens is 308 g/mol. The average Bonchev–Trinajstić information content (AvgIpc) is 2.71. The van der Waals surface area contributed by atoms with E-state index in [-0.39, 0.29) is 5.38 Å². The van der Waals surface area contributed by atoms with Gasteiger partial charge in [-0.25, -0.2) is 0 Å². The van der Waals surface area contributed by atoms with Gasteiger partial charge < -0.3 is 0 Å². The summed E-state index contributed by atoms with van der Waals surface area (Å²) in [5.41, 5.74) is 2.28. The normalized spacial score (nSPS) is 12.8. The molecule has 1 aromatic carbocycles. The molecule has 0 amide bonds. The Morgan fingerprint density at radius 3 is 2.75 bits per heavy atom. The molecule has 2 rings (SSSR count). The first kappa shape index (κ1) is 12.0. The number of rotatable bonds is 2. The maximum atomic E-state index is 5.97. The molecule has 0 radical (unpaired) electrons. The highest BCUT2D eigenvalue weighted by Crippen LogP contribution is 2.33. The lowest BCUT2D eigenvalue weighted by molar-refractivity contribution is 0.962. The van der Waals surface area contributed by atoms with Crippen LogP contribution in [0.4, 0.5) is 0 Å². The Kier molecular flexibility index (Phi) is 3.62. The molecule has 1 atom stereocenters. The molecule has 0 saturated heterocycles. The molecule has 0 aliphatic rings. The van der Waals surface area contributed by atoms with Crippen LogP contribution in [-0.4, -0.2) is 10.2 Å². The Hall–Kier alpha value is -0.450. The van der Waals surface area contributed by atoms with Gasteiger partial charge in [-0.15, -0.1) is 21.8 Å². The van der Waals surface area contributed by atoms with Gasteiger partial charge in [0.15, 0.2) is 0 Å². The highest BCUT2D eigenvalue weighted by Gasteiger charge is 2.12. The summed E-state index contributed by atoms with van der Waals surface area (Å²) in [4.78, 5) is 0. The summed E-state index contributed by atoms with van der Waals surface area (Å²) in [5, 5.41) is 9.95. The minimum Gasteiger partial charge on any atom is -0.142 e. The van der Waals surface area contributed by atoms with E-state index in [0.717, 1.165) is 20.1 Å². The van der Waals surface area contributed by atoms with Crippen LogP contribution in [0.5, 0.6) is 0 Å². The molecule has 84 valence electrons. The third-order valence-corrected chi connectivity index (χ3v) is 4.61. The zero-order valence-corrected chi connectivity index (χ0v) is 12.0. The molecule has 2 nitrogen and oxygen atoms in total. The van der Waals surface area contributed by atoms with E-state index in [0.29, 0.717) is 0 Å². The summed E-state index contributed by atoms with van der Waals surface area (Å²) in [6, 6.07) is 6.06. The van der Waals surface area contributed by atoms with Crippen LogP contribution in [0.1, 0.15) is 22.9 Å². The largest absolute Gasteiger partial charge is 0.148 e. The first-order valence-electron chi connectivity index (χ1n) is 4.82. The van der Waals surface area contributed by atoms with Crippen LogP contribution in [0, 0.1) is 6.92 Å². The molecule has 0 saturated carbocycles. The number of hydrogen-bond donors (Lipinski definition) is 0. The molecule has 0 aliphatic carbocycles. The highest BCUT2D eigenvalue weighted by atomic mass is 79.9. The van der Waals surface area contributed by atoms with Crippen molar-refractivity contribution >= 4 is 38.9 Å². The lowest BCUT2D eigenvalue weighted by atomic mass is 10.1. The van der Waals surface area contributed by atoms with Crippen molar-refractivity contribution < 1.29 is 0 Å². The highest BCUT2D eigenvalue weighted by molar-refractivity contribution is 9.10. The SMILES string of the molecule is Cc1c(Br)cccc1-c1nnc(C(C)Cl)s1. The van der Waals surface area contributed by atoms with E-state index >= 15 is 0 Å². The van der Waals surface area contributed by atoms with Crippen molar-refractivity contribution in [3.63, 3.8) is 0 Å². The summed E-state index contributed by atoms with van der Waals surface area (Å²) in [6.45, 7) is 3.96. The molecule has 0 aliphatic heterocycles. The summed E-state index contributed by atoms with van der Waals surface area (Å²) < 4.78 is 1.08. The molecule has 0 N–H and O–H groups in total. The fraction of sp³-hybridized carbons (Fsp3) is 0.273. The van der Waals surface area contributed by atoms with Crippen LogP contribution < -0.4 is 0 Å². The van der Waals surface area contributed by atoms with Gasteiger partial charge in [-0.1, -0.05) is 39.4 Å². The molecule has 1 aromatic heterocycles. The van der Waals surface area contributed by atoms with Gasteiger partial charge in [-0.2, -0.15) is 0 Å². The van der Waals surface area contributed by atoms with Gasteiger partial charge in [0.05, 0.1) is 5.38 Å². The van der Waals surface area contributed by atoms with Gasteiger partial charge in [-0.05, 0) is 25.5 Å². The van der Waals surface area contributed by atoms with E-state index in [9.17, 15) is 0 Å². The van der Waals surface area contributed by atoms with Gasteiger partial charge in [0, 0.05) is 10.0 Å². The van der Waals surface area contributed by atoms with Gasteiger partial charge in [0.1, 0.15) is 10.0 Å². The Morgan fingerprint density at radius 1 is 1.38 bits per heavy atom. The van der Waals surface area contributed by atoms with Gasteiger partial charge >= 0.3 is 0 Å². The van der Waals surface area contributed by atoms with Crippen LogP contribution in [-0.2, 0) is 0 Å². The van der Waals surface area contributed by atoms with Crippen molar-refractivity contribution in [2.75, 3.05) is 0 Å². The second-order valence-corrected chi connectivity index (χ2v) is 5.99. The van der Waals surface area contributed by atoms with Crippen molar-refractivity contribution in [1.29, 1.82) is 0 Å². The third-order valence-electron chi connectivity index (χ3n) is 2.28. The molecule has 1 heterocycles. The second kappa shape index (κ2) is 4.82. The lowest BCUT2D eigenvalue weighted by Crippen LogP contribution is -1.83. The standard InChI is InChI=1S/C11H10BrClN2S/c1-6-8(4-3-5-9(6)12)11-15-14-10(16-11)7(2)13/h3-5,7H,1-2H3. The first-order valence-corrected chi connectivity index (χ1v) is 6.87. The third kappa shape index (κ3) is 2.29. The first-order chi connectivity index (χ1) is 7.59. The number of aromatic nitrogens is 2. The second-order valence-electron chi connectivity index (χ2n) is 3.47. The number of benzene rings is 1. The number of halogens is 2. The maximum absolute atomic E-state index is 5.97. The minimum absolute atomic E-state index is 0.0845. The summed E-state index contributed by atoms with van der Waals surface area (Å²) in [5.74, 6) is 0. The smallest absolute Gasteiger partial charge is 0.142 e. The fourth-order valence-electron chi connectivity index (χ4n) is 1.34. The van der Waals surface area contributed by atoms with E-state index in [1.165, 1.54) is 5.56 Å². The van der Waals surface area contributed by atoms with Crippen LogP contribution in [0.3, 0.4) is 0 Å². The average molecular weight is 318 g/mol. The Bertz CT molecular complexity index is 510. The molecule has 0 spiro atoms. The van der Waals surface area contributed by atoms with Crippen molar-refractivity contribution in [3.05, 3.63) is 33.2 Å². The Morgan fingerprint density at radius 2 is 2.12 bits per heavy atom. The zero-order chi connectivity index (χ0) is 11.7. The molecule has 2 aromatic rings. The minimum atomic E-state index is -0.0845. The molecule has 0 fully saturated rings. The number of alkyl halides is 1. The fourth-order valence-corrected chi connectivity index (χ4v) is 2.74. The van der Waals surface area contributed by atoms with Crippen molar-refractivity contribution in [2.24, 2.45) is 0 Å². The quantitative estimate of drug-likeness (QED) is 0.758. The van der Waals surface area contributed by atoms with E-state index in [2.05, 4.69) is 33.1 Å². The number of nitrogens with zero attached hydrogens (tertiary/aromatic N) is 2. The molecule has 1 unspecified atom stereocenters. The molecule has 5 heteroatoms. The predicted octanol–water partition coefficient (Wildman–Crippen LogP) is 4.58. The van der Waals surface area contributed by atoms with Crippen molar-refractivity contribution in [2.45, 2.75) is 19.2 Å². The van der Waals surface area contributed by atoms with Crippen LogP contribution in [0.25, 0.3) is 10.6 Å². The summed E-state index contributed by atoms with van der Waals surface area (Å²) in [6.07, 6.45) is 0.